The van der Waals surface area contributed by atoms with Crippen molar-refractivity contribution < 1.29 is 28.5 Å². The van der Waals surface area contributed by atoms with Crippen molar-refractivity contribution in [2.45, 2.75) is 26.5 Å². The first-order chi connectivity index (χ1) is 21.3. The van der Waals surface area contributed by atoms with Gasteiger partial charge in [0.25, 0.3) is 5.56 Å². The number of hydrogen-bond acceptors (Lipinski definition) is 9. The molecule has 0 N–H and O–H groups in total. The molecule has 0 aliphatic carbocycles. The Kier molecular flexibility index (Phi) is 8.70. The predicted octanol–water partition coefficient (Wildman–Crippen LogP) is 5.37. The van der Waals surface area contributed by atoms with Crippen LogP contribution in [0.4, 0.5) is 0 Å². The molecule has 9 nitrogen and oxygen atoms in total. The highest BCUT2D eigenvalue weighted by atomic mass is 127. The summed E-state index contributed by atoms with van der Waals surface area (Å²) in [6, 6.07) is 15.8. The Bertz CT molecular complexity index is 2000. The van der Waals surface area contributed by atoms with Crippen LogP contribution in [0.3, 0.4) is 0 Å². The Balaban J connectivity index is 1.42. The SMILES string of the molecule is CCOC(=O)C1=C(C)N=c2s/c(=C\c3cc(I)c(OCc4ccccc4Cl)c(OC)c3)c(=O)n2[C@H]1c1ccc2c(c1)OCO2. The van der Waals surface area contributed by atoms with Gasteiger partial charge in [-0.05, 0) is 84.0 Å². The van der Waals surface area contributed by atoms with Crippen LogP contribution in [0.25, 0.3) is 6.08 Å². The number of hydrogen-bond donors (Lipinski definition) is 0. The molecule has 44 heavy (non-hydrogen) atoms. The van der Waals surface area contributed by atoms with E-state index in [4.69, 9.17) is 35.3 Å². The predicted molar refractivity (Wildman–Crippen MR) is 174 cm³/mol. The number of allylic oxidation sites excluding steroid dienone is 1. The topological polar surface area (TPSA) is 97.6 Å². The monoisotopic (exact) mass is 744 g/mol. The number of carbonyl (C=O) groups excluding carboxylic acids is 1. The number of benzene rings is 3. The van der Waals surface area contributed by atoms with Crippen LogP contribution >= 0.6 is 45.5 Å². The zero-order valence-corrected chi connectivity index (χ0v) is 27.6. The van der Waals surface area contributed by atoms with E-state index in [1.165, 1.54) is 15.9 Å². The number of carbonyl (C=O) groups is 1. The zero-order valence-electron chi connectivity index (χ0n) is 23.9. The summed E-state index contributed by atoms with van der Waals surface area (Å²) in [5.41, 5.74) is 2.75. The number of rotatable bonds is 8. The van der Waals surface area contributed by atoms with Gasteiger partial charge < -0.3 is 23.7 Å². The minimum absolute atomic E-state index is 0.104. The number of thiazole rings is 1. The maximum atomic E-state index is 14.0. The fourth-order valence-corrected chi connectivity index (χ4v) is 7.09. The van der Waals surface area contributed by atoms with Gasteiger partial charge in [-0.25, -0.2) is 9.79 Å². The molecular formula is C32H26ClIN2O7S. The third-order valence-corrected chi connectivity index (χ3v) is 9.26. The molecule has 0 amide bonds. The summed E-state index contributed by atoms with van der Waals surface area (Å²) in [5.74, 6) is 1.70. The number of methoxy groups -OCH3 is 1. The molecule has 0 bridgehead atoms. The van der Waals surface area contributed by atoms with Crippen LogP contribution < -0.4 is 33.8 Å². The molecule has 2 aliphatic heterocycles. The lowest BCUT2D eigenvalue weighted by Gasteiger charge is -2.24. The molecule has 226 valence electrons. The fourth-order valence-electron chi connectivity index (χ4n) is 5.07. The van der Waals surface area contributed by atoms with Crippen LogP contribution in [0, 0.1) is 3.57 Å². The van der Waals surface area contributed by atoms with E-state index in [-0.39, 0.29) is 25.6 Å². The van der Waals surface area contributed by atoms with Crippen molar-refractivity contribution in [2.75, 3.05) is 20.5 Å². The molecule has 6 rings (SSSR count). The first-order valence-corrected chi connectivity index (χ1v) is 15.9. The van der Waals surface area contributed by atoms with Crippen molar-refractivity contribution in [3.63, 3.8) is 0 Å². The van der Waals surface area contributed by atoms with Gasteiger partial charge in [-0.3, -0.25) is 9.36 Å². The summed E-state index contributed by atoms with van der Waals surface area (Å²) in [7, 11) is 1.57. The lowest BCUT2D eigenvalue weighted by molar-refractivity contribution is -0.139. The summed E-state index contributed by atoms with van der Waals surface area (Å²) < 4.78 is 31.0. The van der Waals surface area contributed by atoms with E-state index in [0.717, 1.165) is 14.7 Å². The number of nitrogens with zero attached hydrogens (tertiary/aromatic N) is 2. The van der Waals surface area contributed by atoms with Crippen LogP contribution in [0.15, 0.2) is 75.7 Å². The van der Waals surface area contributed by atoms with Crippen LogP contribution in [0.2, 0.25) is 5.02 Å². The second kappa shape index (κ2) is 12.7. The highest BCUT2D eigenvalue weighted by Gasteiger charge is 2.34. The summed E-state index contributed by atoms with van der Waals surface area (Å²) in [5, 5.41) is 0.619. The van der Waals surface area contributed by atoms with E-state index in [1.54, 1.807) is 39.2 Å². The summed E-state index contributed by atoms with van der Waals surface area (Å²) in [6.45, 7) is 4.05. The Morgan fingerprint density at radius 1 is 1.18 bits per heavy atom. The van der Waals surface area contributed by atoms with E-state index in [2.05, 4.69) is 27.6 Å². The largest absolute Gasteiger partial charge is 0.493 e. The van der Waals surface area contributed by atoms with E-state index in [1.807, 2.05) is 42.5 Å². The van der Waals surface area contributed by atoms with Gasteiger partial charge in [0.1, 0.15) is 6.61 Å². The Labute approximate surface area is 275 Å². The molecular weight excluding hydrogens is 719 g/mol. The normalized spacial score (nSPS) is 15.6. The van der Waals surface area contributed by atoms with Crippen molar-refractivity contribution >= 4 is 57.6 Å². The van der Waals surface area contributed by atoms with Crippen molar-refractivity contribution in [3.05, 3.63) is 111 Å². The van der Waals surface area contributed by atoms with E-state index in [0.29, 0.717) is 54.2 Å². The second-order valence-corrected chi connectivity index (χ2v) is 12.4. The van der Waals surface area contributed by atoms with Gasteiger partial charge in [-0.1, -0.05) is 47.2 Å². The van der Waals surface area contributed by atoms with Crippen molar-refractivity contribution in [2.24, 2.45) is 4.99 Å². The zero-order chi connectivity index (χ0) is 31.0. The van der Waals surface area contributed by atoms with Crippen molar-refractivity contribution in [3.8, 4) is 23.0 Å². The molecule has 0 radical (unpaired) electrons. The van der Waals surface area contributed by atoms with Crippen molar-refractivity contribution in [1.82, 2.24) is 4.57 Å². The number of halogens is 2. The Morgan fingerprint density at radius 3 is 2.75 bits per heavy atom. The molecule has 1 atom stereocenters. The first kappa shape index (κ1) is 30.2. The maximum absolute atomic E-state index is 14.0. The molecule has 0 unspecified atom stereocenters. The number of aromatic nitrogens is 1. The van der Waals surface area contributed by atoms with Gasteiger partial charge in [0.2, 0.25) is 6.79 Å². The molecule has 0 spiro atoms. The van der Waals surface area contributed by atoms with Crippen LogP contribution in [-0.2, 0) is 16.1 Å². The average Bonchev–Trinajstić information content (AvgIpc) is 3.60. The Morgan fingerprint density at radius 2 is 1.98 bits per heavy atom. The highest BCUT2D eigenvalue weighted by Crippen LogP contribution is 2.38. The first-order valence-electron chi connectivity index (χ1n) is 13.6. The molecule has 0 saturated carbocycles. The van der Waals surface area contributed by atoms with Crippen molar-refractivity contribution in [1.29, 1.82) is 0 Å². The summed E-state index contributed by atoms with van der Waals surface area (Å²) in [6.07, 6.45) is 1.78. The van der Waals surface area contributed by atoms with E-state index in [9.17, 15) is 9.59 Å². The smallest absolute Gasteiger partial charge is 0.338 e. The number of ether oxygens (including phenoxy) is 5. The van der Waals surface area contributed by atoms with Gasteiger partial charge in [0.05, 0.1) is 39.1 Å². The standard InChI is InChI=1S/C32H26ClIN2O7S/c1-4-40-31(38)27-17(2)35-32-36(28(27)19-9-10-23-24(14-19)43-16-42-23)30(37)26(44-32)13-18-11-22(34)29(25(12-18)39-3)41-15-20-7-5-6-8-21(20)33/h5-14,28H,4,15-16H2,1-3H3/b26-13-/t28-/m0/s1. The number of esters is 1. The molecule has 3 aromatic carbocycles. The maximum Gasteiger partial charge on any atom is 0.338 e. The minimum atomic E-state index is -0.766. The number of fused-ring (bicyclic) bond motifs is 2. The molecule has 0 saturated heterocycles. The third kappa shape index (κ3) is 5.71. The Hall–Kier alpha value is -3.81. The van der Waals surface area contributed by atoms with E-state index >= 15 is 0 Å². The molecule has 0 fully saturated rings. The lowest BCUT2D eigenvalue weighted by Crippen LogP contribution is -2.39. The summed E-state index contributed by atoms with van der Waals surface area (Å²) >= 11 is 9.73. The highest BCUT2D eigenvalue weighted by molar-refractivity contribution is 14.1. The summed E-state index contributed by atoms with van der Waals surface area (Å²) in [4.78, 5) is 32.4. The van der Waals surface area contributed by atoms with E-state index < -0.39 is 12.0 Å². The third-order valence-electron chi connectivity index (χ3n) is 7.11. The average molecular weight is 745 g/mol. The molecule has 12 heteroatoms. The minimum Gasteiger partial charge on any atom is -0.493 e. The molecule has 4 aromatic rings. The van der Waals surface area contributed by atoms with Gasteiger partial charge in [-0.15, -0.1) is 0 Å². The van der Waals surface area contributed by atoms with Crippen LogP contribution in [0.5, 0.6) is 23.0 Å². The quantitative estimate of drug-likeness (QED) is 0.177. The van der Waals surface area contributed by atoms with Gasteiger partial charge in [-0.2, -0.15) is 0 Å². The second-order valence-electron chi connectivity index (χ2n) is 9.83. The lowest BCUT2D eigenvalue weighted by atomic mass is 9.95. The van der Waals surface area contributed by atoms with Gasteiger partial charge >= 0.3 is 5.97 Å². The molecule has 2 aliphatic rings. The fraction of sp³-hybridized carbons (Fsp3) is 0.219. The van der Waals surface area contributed by atoms with Gasteiger partial charge in [0, 0.05) is 10.6 Å². The molecule has 3 heterocycles. The van der Waals surface area contributed by atoms with Gasteiger partial charge in [0.15, 0.2) is 27.8 Å². The molecule has 1 aromatic heterocycles. The van der Waals surface area contributed by atoms with Crippen LogP contribution in [-0.4, -0.2) is 31.0 Å². The van der Waals surface area contributed by atoms with Crippen LogP contribution in [0.1, 0.15) is 36.6 Å².